The van der Waals surface area contributed by atoms with Crippen LogP contribution in [-0.2, 0) is 6.54 Å². The van der Waals surface area contributed by atoms with Gasteiger partial charge in [0.1, 0.15) is 0 Å². The summed E-state index contributed by atoms with van der Waals surface area (Å²) in [6, 6.07) is 12.9. The molecule has 20 heavy (non-hydrogen) atoms. The quantitative estimate of drug-likeness (QED) is 0.725. The van der Waals surface area contributed by atoms with Crippen LogP contribution in [0.4, 0.5) is 0 Å². The van der Waals surface area contributed by atoms with Gasteiger partial charge in [0, 0.05) is 38.9 Å². The number of hydrogen-bond acceptors (Lipinski definition) is 3. The Morgan fingerprint density at radius 3 is 2.95 bits per heavy atom. The number of para-hydroxylation sites is 1. The number of nitrogens with zero attached hydrogens (tertiary/aromatic N) is 1. The summed E-state index contributed by atoms with van der Waals surface area (Å²) < 4.78 is 1.15. The average Bonchev–Trinajstić information content (AvgIpc) is 2.91. The molecule has 0 amide bonds. The van der Waals surface area contributed by atoms with Gasteiger partial charge in [0.15, 0.2) is 0 Å². The van der Waals surface area contributed by atoms with Gasteiger partial charge in [0.25, 0.3) is 0 Å². The van der Waals surface area contributed by atoms with Crippen LogP contribution >= 0.6 is 27.3 Å². The van der Waals surface area contributed by atoms with E-state index in [-0.39, 0.29) is 0 Å². The summed E-state index contributed by atoms with van der Waals surface area (Å²) in [7, 11) is 0. The second-order valence-electron chi connectivity index (χ2n) is 4.76. The number of fused-ring (bicyclic) bond motifs is 1. The van der Waals surface area contributed by atoms with Gasteiger partial charge in [-0.2, -0.15) is 0 Å². The second-order valence-corrected chi connectivity index (χ2v) is 6.62. The van der Waals surface area contributed by atoms with Crippen LogP contribution < -0.4 is 5.32 Å². The SMILES string of the molecule is CC(NCc1cccc2cccnc12)c1cc(Br)cs1. The van der Waals surface area contributed by atoms with Crippen molar-refractivity contribution in [2.75, 3.05) is 0 Å². The molecule has 1 unspecified atom stereocenters. The van der Waals surface area contributed by atoms with Crippen molar-refractivity contribution < 1.29 is 0 Å². The highest BCUT2D eigenvalue weighted by Gasteiger charge is 2.08. The molecule has 0 spiro atoms. The van der Waals surface area contributed by atoms with Crippen LogP contribution in [0.3, 0.4) is 0 Å². The molecule has 0 fully saturated rings. The predicted molar refractivity (Wildman–Crippen MR) is 89.0 cm³/mol. The molecule has 0 saturated carbocycles. The van der Waals surface area contributed by atoms with Gasteiger partial charge in [-0.05, 0) is 40.5 Å². The number of benzene rings is 1. The molecule has 1 N–H and O–H groups in total. The fraction of sp³-hybridized carbons (Fsp3) is 0.188. The summed E-state index contributed by atoms with van der Waals surface area (Å²) in [6.07, 6.45) is 1.85. The number of halogens is 1. The van der Waals surface area contributed by atoms with Crippen molar-refractivity contribution in [3.63, 3.8) is 0 Å². The summed E-state index contributed by atoms with van der Waals surface area (Å²) >= 11 is 5.27. The lowest BCUT2D eigenvalue weighted by Crippen LogP contribution is -2.17. The molecule has 2 nitrogen and oxygen atoms in total. The Hall–Kier alpha value is -1.23. The molecule has 2 heterocycles. The number of thiophene rings is 1. The minimum atomic E-state index is 0.338. The molecule has 3 aromatic rings. The average molecular weight is 347 g/mol. The number of hydrogen-bond donors (Lipinski definition) is 1. The molecule has 102 valence electrons. The molecule has 0 saturated heterocycles. The zero-order valence-corrected chi connectivity index (χ0v) is 13.5. The van der Waals surface area contributed by atoms with Crippen molar-refractivity contribution in [1.82, 2.24) is 10.3 Å². The lowest BCUT2D eigenvalue weighted by atomic mass is 10.1. The monoisotopic (exact) mass is 346 g/mol. The molecule has 0 aliphatic heterocycles. The molecular weight excluding hydrogens is 332 g/mol. The standard InChI is InChI=1S/C16H15BrN2S/c1-11(15-8-14(17)10-20-15)19-9-13-5-2-4-12-6-3-7-18-16(12)13/h2-8,10-11,19H,9H2,1H3. The van der Waals surface area contributed by atoms with Gasteiger partial charge in [-0.3, -0.25) is 4.98 Å². The Morgan fingerprint density at radius 2 is 2.15 bits per heavy atom. The van der Waals surface area contributed by atoms with E-state index in [4.69, 9.17) is 0 Å². The van der Waals surface area contributed by atoms with E-state index in [0.29, 0.717) is 6.04 Å². The molecule has 0 aliphatic rings. The lowest BCUT2D eigenvalue weighted by Gasteiger charge is -2.13. The largest absolute Gasteiger partial charge is 0.305 e. The van der Waals surface area contributed by atoms with E-state index in [9.17, 15) is 0 Å². The maximum Gasteiger partial charge on any atom is 0.0746 e. The van der Waals surface area contributed by atoms with Crippen LogP contribution in [0.5, 0.6) is 0 Å². The van der Waals surface area contributed by atoms with E-state index in [1.807, 2.05) is 12.3 Å². The van der Waals surface area contributed by atoms with Gasteiger partial charge in [-0.1, -0.05) is 24.3 Å². The van der Waals surface area contributed by atoms with Gasteiger partial charge >= 0.3 is 0 Å². The number of pyridine rings is 1. The third-order valence-corrected chi connectivity index (χ3v) is 5.21. The van der Waals surface area contributed by atoms with Crippen molar-refractivity contribution in [3.05, 3.63) is 62.9 Å². The van der Waals surface area contributed by atoms with Gasteiger partial charge in [-0.25, -0.2) is 0 Å². The zero-order chi connectivity index (χ0) is 13.9. The summed E-state index contributed by atoms with van der Waals surface area (Å²) in [5.41, 5.74) is 2.33. The molecular formula is C16H15BrN2S. The van der Waals surface area contributed by atoms with Crippen LogP contribution in [0.15, 0.2) is 52.4 Å². The second kappa shape index (κ2) is 6.04. The van der Waals surface area contributed by atoms with E-state index in [1.165, 1.54) is 15.8 Å². The third kappa shape index (κ3) is 2.92. The van der Waals surface area contributed by atoms with Crippen molar-refractivity contribution in [2.45, 2.75) is 19.5 Å². The summed E-state index contributed by atoms with van der Waals surface area (Å²) in [5, 5.41) is 6.88. The van der Waals surface area contributed by atoms with E-state index < -0.39 is 0 Å². The normalized spacial score (nSPS) is 12.7. The zero-order valence-electron chi connectivity index (χ0n) is 11.1. The highest BCUT2D eigenvalue weighted by molar-refractivity contribution is 9.10. The van der Waals surface area contributed by atoms with Crippen molar-refractivity contribution in [3.8, 4) is 0 Å². The van der Waals surface area contributed by atoms with Crippen LogP contribution in [0.2, 0.25) is 0 Å². The van der Waals surface area contributed by atoms with Crippen molar-refractivity contribution in [1.29, 1.82) is 0 Å². The topological polar surface area (TPSA) is 24.9 Å². The Labute approximate surface area is 131 Å². The molecule has 0 aliphatic carbocycles. The van der Waals surface area contributed by atoms with Gasteiger partial charge in [-0.15, -0.1) is 11.3 Å². The fourth-order valence-electron chi connectivity index (χ4n) is 2.23. The number of aromatic nitrogens is 1. The summed E-state index contributed by atoms with van der Waals surface area (Å²) in [5.74, 6) is 0. The molecule has 1 aromatic carbocycles. The Bertz CT molecular complexity index is 718. The first kappa shape index (κ1) is 13.7. The lowest BCUT2D eigenvalue weighted by molar-refractivity contribution is 0.584. The summed E-state index contributed by atoms with van der Waals surface area (Å²) in [4.78, 5) is 5.83. The summed E-state index contributed by atoms with van der Waals surface area (Å²) in [6.45, 7) is 3.02. The molecule has 1 atom stereocenters. The van der Waals surface area contributed by atoms with Crippen molar-refractivity contribution in [2.24, 2.45) is 0 Å². The first-order chi connectivity index (χ1) is 9.74. The maximum absolute atomic E-state index is 4.49. The molecule has 4 heteroatoms. The van der Waals surface area contributed by atoms with E-state index in [1.54, 1.807) is 11.3 Å². The van der Waals surface area contributed by atoms with Crippen LogP contribution in [-0.4, -0.2) is 4.98 Å². The Balaban J connectivity index is 1.77. The maximum atomic E-state index is 4.49. The third-order valence-electron chi connectivity index (χ3n) is 3.33. The van der Waals surface area contributed by atoms with E-state index in [0.717, 1.165) is 16.5 Å². The molecule has 2 aromatic heterocycles. The smallest absolute Gasteiger partial charge is 0.0746 e. The van der Waals surface area contributed by atoms with Crippen LogP contribution in [0.1, 0.15) is 23.4 Å². The molecule has 3 rings (SSSR count). The van der Waals surface area contributed by atoms with Gasteiger partial charge in [0.05, 0.1) is 5.52 Å². The molecule has 0 bridgehead atoms. The molecule has 0 radical (unpaired) electrons. The minimum absolute atomic E-state index is 0.338. The fourth-order valence-corrected chi connectivity index (χ4v) is 3.71. The van der Waals surface area contributed by atoms with Crippen molar-refractivity contribution >= 4 is 38.2 Å². The number of rotatable bonds is 4. The Kier molecular flexibility index (Phi) is 4.15. The van der Waals surface area contributed by atoms with E-state index in [2.05, 4.69) is 68.9 Å². The predicted octanol–water partition coefficient (Wildman–Crippen LogP) is 4.91. The minimum Gasteiger partial charge on any atom is -0.305 e. The number of nitrogens with one attached hydrogen (secondary N) is 1. The first-order valence-corrected chi connectivity index (χ1v) is 8.21. The highest BCUT2D eigenvalue weighted by atomic mass is 79.9. The first-order valence-electron chi connectivity index (χ1n) is 6.54. The van der Waals surface area contributed by atoms with E-state index >= 15 is 0 Å². The van der Waals surface area contributed by atoms with Gasteiger partial charge in [0.2, 0.25) is 0 Å². The Morgan fingerprint density at radius 1 is 1.30 bits per heavy atom. The van der Waals surface area contributed by atoms with Gasteiger partial charge < -0.3 is 5.32 Å². The van der Waals surface area contributed by atoms with Crippen LogP contribution in [0, 0.1) is 0 Å². The highest BCUT2D eigenvalue weighted by Crippen LogP contribution is 2.26. The van der Waals surface area contributed by atoms with Crippen LogP contribution in [0.25, 0.3) is 10.9 Å².